The topological polar surface area (TPSA) is 170 Å². The fourth-order valence-corrected chi connectivity index (χ4v) is 13.3. The van der Waals surface area contributed by atoms with Crippen LogP contribution < -0.4 is 30.1 Å². The van der Waals surface area contributed by atoms with E-state index in [1.807, 2.05) is 157 Å². The van der Waals surface area contributed by atoms with E-state index in [0.29, 0.717) is 56.2 Å². The van der Waals surface area contributed by atoms with Gasteiger partial charge in [-0.3, -0.25) is 14.4 Å². The van der Waals surface area contributed by atoms with Crippen molar-refractivity contribution in [1.82, 2.24) is 0 Å². The maximum Gasteiger partial charge on any atom is 0.369 e. The molecular formula is C76H95BBr3O13P. The SMILES string of the molecule is BrB(Br)Br.CCOC(=O)/C(C)=C/c1ccc(OC)c(CC)c1.CCOC(=O)C(C)Cc1ccc(O)c(CC)c1.CCOC(=O)C(C)Cc1ccc(OC)c(CC)c1.CCOC(=O)C=P(c1ccccc1)(c1ccccc1)c1ccccc1.CCc1cc(C=O)ccc1OC. The van der Waals surface area contributed by atoms with Crippen LogP contribution >= 0.6 is 54.2 Å². The molecule has 13 nitrogen and oxygen atoms in total. The first-order valence-electron chi connectivity index (χ1n) is 31.6. The summed E-state index contributed by atoms with van der Waals surface area (Å²) in [6, 6.07) is 53.6. The van der Waals surface area contributed by atoms with Crippen molar-refractivity contribution in [3.05, 3.63) is 214 Å². The summed E-state index contributed by atoms with van der Waals surface area (Å²) in [4.78, 5) is 57.5. The number of carbonyl (C=O) groups excluding carboxylic acids is 5. The van der Waals surface area contributed by atoms with Crippen LogP contribution in [0.15, 0.2) is 169 Å². The lowest BCUT2D eigenvalue weighted by atomic mass is 9.98. The van der Waals surface area contributed by atoms with Crippen LogP contribution in [0.2, 0.25) is 0 Å². The van der Waals surface area contributed by atoms with Crippen molar-refractivity contribution < 1.29 is 62.2 Å². The predicted octanol–water partition coefficient (Wildman–Crippen LogP) is 16.5. The van der Waals surface area contributed by atoms with Crippen LogP contribution in [0, 0.1) is 11.8 Å². The second-order valence-corrected chi connectivity index (χ2v) is 30.6. The third kappa shape index (κ3) is 28.8. The van der Waals surface area contributed by atoms with E-state index in [-0.39, 0.29) is 38.9 Å². The van der Waals surface area contributed by atoms with Crippen LogP contribution in [0.25, 0.3) is 6.08 Å². The van der Waals surface area contributed by atoms with Gasteiger partial charge >= 0.3 is 27.1 Å². The minimum absolute atomic E-state index is 0.108. The molecule has 2 atom stereocenters. The average molecular weight is 1500 g/mol. The van der Waals surface area contributed by atoms with Crippen LogP contribution in [0.3, 0.4) is 0 Å². The van der Waals surface area contributed by atoms with Gasteiger partial charge in [-0.25, -0.2) is 9.59 Å². The molecule has 7 rings (SSSR count). The fourth-order valence-electron chi connectivity index (χ4n) is 9.59. The monoisotopic (exact) mass is 1490 g/mol. The summed E-state index contributed by atoms with van der Waals surface area (Å²) in [6.07, 6.45) is 7.50. The Hall–Kier alpha value is -7.17. The van der Waals surface area contributed by atoms with Crippen LogP contribution in [0.1, 0.15) is 125 Å². The Labute approximate surface area is 584 Å². The Morgan fingerprint density at radius 3 is 1.20 bits per heavy atom. The Bertz CT molecular complexity index is 3370. The van der Waals surface area contributed by atoms with Crippen molar-refractivity contribution in [1.29, 1.82) is 0 Å². The normalized spacial score (nSPS) is 11.1. The number of hydrogen-bond donors (Lipinski definition) is 1. The van der Waals surface area contributed by atoms with Gasteiger partial charge in [-0.2, -0.15) is 0 Å². The maximum atomic E-state index is 12.5. The molecule has 2 unspecified atom stereocenters. The molecule has 94 heavy (non-hydrogen) atoms. The quantitative estimate of drug-likeness (QED) is 0.0152. The molecule has 0 heterocycles. The third-order valence-electron chi connectivity index (χ3n) is 14.3. The average Bonchev–Trinajstić information content (AvgIpc) is 0.758. The fraction of sp³-hybridized carbons (Fsp3) is 0.342. The van der Waals surface area contributed by atoms with Gasteiger partial charge in [-0.05, 0) is 183 Å². The zero-order chi connectivity index (χ0) is 70.0. The summed E-state index contributed by atoms with van der Waals surface area (Å²) in [6.45, 7) is 20.3. The van der Waals surface area contributed by atoms with E-state index in [1.165, 1.54) is 5.56 Å². The number of aromatic hydroxyl groups is 1. The molecule has 0 aliphatic heterocycles. The number of carbonyl (C=O) groups is 5. The van der Waals surface area contributed by atoms with Gasteiger partial charge in [-0.15, -0.1) is 47.3 Å². The predicted molar refractivity (Wildman–Crippen MR) is 400 cm³/mol. The number of esters is 4. The highest BCUT2D eigenvalue weighted by Crippen LogP contribution is 2.43. The van der Waals surface area contributed by atoms with Gasteiger partial charge in [0.1, 0.15) is 29.3 Å². The van der Waals surface area contributed by atoms with E-state index < -0.39 is 6.89 Å². The molecule has 7 aromatic carbocycles. The van der Waals surface area contributed by atoms with Gasteiger partial charge < -0.3 is 38.3 Å². The van der Waals surface area contributed by atoms with E-state index in [4.69, 9.17) is 33.2 Å². The number of phenolic OH excluding ortho intramolecular Hbond substituents is 1. The lowest BCUT2D eigenvalue weighted by Crippen LogP contribution is -2.29. The minimum atomic E-state index is -2.24. The molecule has 0 amide bonds. The Kier molecular flexibility index (Phi) is 41.3. The van der Waals surface area contributed by atoms with E-state index >= 15 is 0 Å². The van der Waals surface area contributed by atoms with Gasteiger partial charge in [0.15, 0.2) is 0 Å². The number of aryl methyl sites for hydroxylation is 4. The molecule has 0 saturated heterocycles. The van der Waals surface area contributed by atoms with Gasteiger partial charge in [0.05, 0.1) is 59.6 Å². The summed E-state index contributed by atoms with van der Waals surface area (Å²) in [7, 11) is 4.97. The van der Waals surface area contributed by atoms with Gasteiger partial charge in [-0.1, -0.05) is 163 Å². The second kappa shape index (κ2) is 46.8. The smallest absolute Gasteiger partial charge is 0.369 e. The van der Waals surface area contributed by atoms with Crippen molar-refractivity contribution in [2.45, 2.75) is 115 Å². The number of benzene rings is 7. The molecular weight excluding hydrogens is 1400 g/mol. The van der Waals surface area contributed by atoms with Crippen molar-refractivity contribution >= 4 is 115 Å². The zero-order valence-corrected chi connectivity index (χ0v) is 62.7. The number of methoxy groups -OCH3 is 3. The molecule has 18 heteroatoms. The Balaban J connectivity index is 0.000000401. The second-order valence-electron chi connectivity index (χ2n) is 20.9. The van der Waals surface area contributed by atoms with Gasteiger partial charge in [0, 0.05) is 16.9 Å². The molecule has 0 aliphatic carbocycles. The van der Waals surface area contributed by atoms with Crippen LogP contribution in [0.4, 0.5) is 0 Å². The lowest BCUT2D eigenvalue weighted by Gasteiger charge is -2.28. The van der Waals surface area contributed by atoms with Crippen molar-refractivity contribution in [2.75, 3.05) is 47.8 Å². The summed E-state index contributed by atoms with van der Waals surface area (Å²) >= 11 is 9.31. The number of aldehydes is 1. The van der Waals surface area contributed by atoms with E-state index in [2.05, 4.69) is 104 Å². The first kappa shape index (κ1) is 82.9. The van der Waals surface area contributed by atoms with Crippen molar-refractivity contribution in [2.24, 2.45) is 11.8 Å². The van der Waals surface area contributed by atoms with Crippen LogP contribution in [-0.2, 0) is 76.7 Å². The molecule has 0 aromatic heterocycles. The number of hydrogen-bond acceptors (Lipinski definition) is 13. The minimum Gasteiger partial charge on any atom is -0.508 e. The van der Waals surface area contributed by atoms with Crippen LogP contribution in [0.5, 0.6) is 23.0 Å². The number of ether oxygens (including phenoxy) is 7. The molecule has 0 radical (unpaired) electrons. The highest BCUT2D eigenvalue weighted by atomic mass is 79.9. The summed E-state index contributed by atoms with van der Waals surface area (Å²) < 4.78 is 36.2. The number of phenols is 1. The largest absolute Gasteiger partial charge is 0.508 e. The van der Waals surface area contributed by atoms with Gasteiger partial charge in [0.2, 0.25) is 0 Å². The highest BCUT2D eigenvalue weighted by molar-refractivity contribution is 9.69. The van der Waals surface area contributed by atoms with E-state index in [9.17, 15) is 29.1 Å². The molecule has 1 N–H and O–H groups in total. The Morgan fingerprint density at radius 1 is 0.479 bits per heavy atom. The lowest BCUT2D eigenvalue weighted by molar-refractivity contribution is -0.148. The first-order chi connectivity index (χ1) is 45.1. The van der Waals surface area contributed by atoms with Gasteiger partial charge in [0.25, 0.3) is 0 Å². The molecule has 0 spiro atoms. The molecule has 506 valence electrons. The number of halogens is 3. The number of rotatable bonds is 24. The zero-order valence-electron chi connectivity index (χ0n) is 57.1. The molecule has 0 aliphatic rings. The standard InChI is InChI=1S/C22H21O2P.C15H22O3.C15H20O3.C14H20O3.C10H12O2.BBr3/c1-2-24-22(23)18-25(19-12-6-3-7-13-19,20-14-8-4-9-15-20)21-16-10-5-11-17-21;2*1-5-13-10-12(7-8-14(13)17-4)9-11(3)15(16)18-6-2;1-4-12-9-11(6-7-13(12)15)8-10(3)14(16)17-5-2;1-3-9-6-8(7-11)4-5-10(9)12-2;2-1(3)4/h3-18H,2H2,1H3;7-8,10-11H,5-6,9H2,1-4H3;7-10H,5-6H2,1-4H3;6-7,9-10,15H,4-5,8H2,1-3H3;4-7H,3H2,1-2H3;/b;;11-9+;;;. The Morgan fingerprint density at radius 2 is 0.830 bits per heavy atom. The summed E-state index contributed by atoms with van der Waals surface area (Å²) in [5, 5.41) is 13.0. The molecule has 0 fully saturated rings. The molecule has 0 bridgehead atoms. The molecule has 0 saturated carbocycles. The summed E-state index contributed by atoms with van der Waals surface area (Å²) in [5.74, 6) is 3.66. The maximum absolute atomic E-state index is 12.5. The van der Waals surface area contributed by atoms with Crippen LogP contribution in [-0.4, -0.2) is 92.0 Å². The van der Waals surface area contributed by atoms with Crippen molar-refractivity contribution in [3.63, 3.8) is 0 Å². The van der Waals surface area contributed by atoms with E-state index in [0.717, 1.165) is 98.5 Å². The van der Waals surface area contributed by atoms with E-state index in [1.54, 1.807) is 60.0 Å². The third-order valence-corrected chi connectivity index (χ3v) is 18.2. The first-order valence-corrected chi connectivity index (χ1v) is 36.2. The molecule has 7 aromatic rings. The van der Waals surface area contributed by atoms with Crippen molar-refractivity contribution in [3.8, 4) is 23.0 Å². The summed E-state index contributed by atoms with van der Waals surface area (Å²) in [5.41, 5.74) is 8.78. The highest BCUT2D eigenvalue weighted by Gasteiger charge is 2.27.